The fraction of sp³-hybridized carbons (Fsp3) is 0.105. The molecule has 0 spiro atoms. The van der Waals surface area contributed by atoms with Crippen LogP contribution in [-0.4, -0.2) is 27.0 Å². The van der Waals surface area contributed by atoms with E-state index in [0.717, 1.165) is 22.4 Å². The molecule has 0 fully saturated rings. The van der Waals surface area contributed by atoms with Crippen molar-refractivity contribution < 1.29 is 14.3 Å². The van der Waals surface area contributed by atoms with E-state index in [1.54, 1.807) is 25.6 Å². The van der Waals surface area contributed by atoms with Crippen LogP contribution in [0, 0.1) is 0 Å². The van der Waals surface area contributed by atoms with Crippen LogP contribution < -0.4 is 10.4 Å². The number of phenolic OH excluding ortho intramolecular Hbond substituents is 1. The zero-order chi connectivity index (χ0) is 18.8. The van der Waals surface area contributed by atoms with Crippen molar-refractivity contribution in [3.63, 3.8) is 0 Å². The Balaban J connectivity index is 1.65. The van der Waals surface area contributed by atoms with E-state index >= 15 is 0 Å². The van der Waals surface area contributed by atoms with Crippen LogP contribution in [-0.2, 0) is 5.75 Å². The van der Waals surface area contributed by atoms with Crippen molar-refractivity contribution in [2.24, 2.45) is 0 Å². The third-order valence-corrected chi connectivity index (χ3v) is 5.01. The summed E-state index contributed by atoms with van der Waals surface area (Å²) in [6, 6.07) is 13.8. The Kier molecular flexibility index (Phi) is 4.55. The van der Waals surface area contributed by atoms with Crippen LogP contribution in [0.4, 0.5) is 0 Å². The number of rotatable bonds is 5. The zero-order valence-electron chi connectivity index (χ0n) is 14.3. The molecule has 136 valence electrons. The Morgan fingerprint density at radius 3 is 2.96 bits per heavy atom. The molecule has 0 amide bonds. The monoisotopic (exact) mass is 381 g/mol. The van der Waals surface area contributed by atoms with Gasteiger partial charge in [0.15, 0.2) is 5.16 Å². The smallest absolute Gasteiger partial charge is 0.336 e. The van der Waals surface area contributed by atoms with Crippen LogP contribution in [0.15, 0.2) is 69.2 Å². The van der Waals surface area contributed by atoms with Crippen LogP contribution in [0.1, 0.15) is 5.56 Å². The number of hydrogen-bond acceptors (Lipinski definition) is 7. The molecule has 0 saturated heterocycles. The van der Waals surface area contributed by atoms with Gasteiger partial charge in [-0.1, -0.05) is 17.8 Å². The highest BCUT2D eigenvalue weighted by Crippen LogP contribution is 2.28. The molecule has 2 heterocycles. The maximum Gasteiger partial charge on any atom is 0.336 e. The van der Waals surface area contributed by atoms with Crippen molar-refractivity contribution in [2.75, 3.05) is 7.11 Å². The number of methoxy groups -OCH3 is 1. The van der Waals surface area contributed by atoms with Crippen LogP contribution in [0.25, 0.3) is 16.7 Å². The van der Waals surface area contributed by atoms with E-state index < -0.39 is 5.63 Å². The lowest BCUT2D eigenvalue weighted by atomic mass is 10.1. The largest absolute Gasteiger partial charge is 0.508 e. The normalized spacial score (nSPS) is 11.0. The van der Waals surface area contributed by atoms with E-state index in [-0.39, 0.29) is 5.75 Å². The summed E-state index contributed by atoms with van der Waals surface area (Å²) in [7, 11) is 1.62. The number of ether oxygens (including phenoxy) is 1. The Morgan fingerprint density at radius 1 is 1.22 bits per heavy atom. The quantitative estimate of drug-likeness (QED) is 0.419. The first-order chi connectivity index (χ1) is 13.1. The molecular weight excluding hydrogens is 366 g/mol. The van der Waals surface area contributed by atoms with Gasteiger partial charge < -0.3 is 14.3 Å². The number of thioether (sulfide) groups is 1. The third-order valence-electron chi connectivity index (χ3n) is 4.02. The first kappa shape index (κ1) is 17.2. The number of hydrogen-bond donors (Lipinski definition) is 1. The van der Waals surface area contributed by atoms with Crippen LogP contribution in [0.3, 0.4) is 0 Å². The third kappa shape index (κ3) is 3.52. The van der Waals surface area contributed by atoms with E-state index in [1.165, 1.54) is 23.9 Å². The molecule has 2 aromatic heterocycles. The second-order valence-corrected chi connectivity index (χ2v) is 6.69. The van der Waals surface area contributed by atoms with Gasteiger partial charge in [0.2, 0.25) is 0 Å². The maximum absolute atomic E-state index is 11.8. The van der Waals surface area contributed by atoms with Gasteiger partial charge in [-0.25, -0.2) is 4.79 Å². The van der Waals surface area contributed by atoms with E-state index in [1.807, 2.05) is 28.8 Å². The van der Waals surface area contributed by atoms with Crippen molar-refractivity contribution in [2.45, 2.75) is 10.9 Å². The molecule has 0 radical (unpaired) electrons. The molecule has 0 saturated carbocycles. The van der Waals surface area contributed by atoms with Crippen molar-refractivity contribution in [1.29, 1.82) is 0 Å². The predicted molar refractivity (Wildman–Crippen MR) is 102 cm³/mol. The lowest BCUT2D eigenvalue weighted by Crippen LogP contribution is -2.01. The Bertz CT molecular complexity index is 1170. The molecule has 8 heteroatoms. The standard InChI is InChI=1S/C19H15N3O4S/c1-25-15-4-2-3-13(8-15)22-11-20-21-19(22)27-10-12-7-18(24)26-17-9-14(23)5-6-16(12)17/h2-9,11,23H,10H2,1H3. The van der Waals surface area contributed by atoms with Gasteiger partial charge in [0.25, 0.3) is 0 Å². The lowest BCUT2D eigenvalue weighted by molar-refractivity contribution is 0.414. The first-order valence-electron chi connectivity index (χ1n) is 8.07. The summed E-state index contributed by atoms with van der Waals surface area (Å²) in [6.07, 6.45) is 1.63. The molecular formula is C19H15N3O4S. The average Bonchev–Trinajstić information content (AvgIpc) is 3.14. The number of phenols is 1. The van der Waals surface area contributed by atoms with Crippen LogP contribution >= 0.6 is 11.8 Å². The maximum atomic E-state index is 11.8. The van der Waals surface area contributed by atoms with Crippen LogP contribution in [0.2, 0.25) is 0 Å². The fourth-order valence-electron chi connectivity index (χ4n) is 2.74. The summed E-state index contributed by atoms with van der Waals surface area (Å²) in [5, 5.41) is 19.2. The topological polar surface area (TPSA) is 90.4 Å². The van der Waals surface area contributed by atoms with Crippen molar-refractivity contribution in [3.05, 3.63) is 70.8 Å². The summed E-state index contributed by atoms with van der Waals surface area (Å²) in [5.41, 5.74) is 1.57. The minimum Gasteiger partial charge on any atom is -0.508 e. The van der Waals surface area contributed by atoms with Gasteiger partial charge in [0.05, 0.1) is 12.8 Å². The van der Waals surface area contributed by atoms with Gasteiger partial charge in [0, 0.05) is 29.3 Å². The zero-order valence-corrected chi connectivity index (χ0v) is 15.1. The molecule has 0 bridgehead atoms. The minimum atomic E-state index is -0.460. The summed E-state index contributed by atoms with van der Waals surface area (Å²) in [5.74, 6) is 1.28. The fourth-order valence-corrected chi connectivity index (χ4v) is 3.66. The molecule has 4 rings (SSSR count). The molecule has 1 N–H and O–H groups in total. The predicted octanol–water partition coefficient (Wildman–Crippen LogP) is 3.38. The molecule has 0 unspecified atom stereocenters. The lowest BCUT2D eigenvalue weighted by Gasteiger charge is -2.09. The van der Waals surface area contributed by atoms with Gasteiger partial charge >= 0.3 is 5.63 Å². The molecule has 0 aliphatic rings. The molecule has 2 aromatic carbocycles. The van der Waals surface area contributed by atoms with E-state index in [0.29, 0.717) is 16.5 Å². The number of benzene rings is 2. The van der Waals surface area contributed by atoms with E-state index in [4.69, 9.17) is 9.15 Å². The highest BCUT2D eigenvalue weighted by molar-refractivity contribution is 7.98. The summed E-state index contributed by atoms with van der Waals surface area (Å²) in [6.45, 7) is 0. The molecule has 27 heavy (non-hydrogen) atoms. The number of aromatic hydroxyl groups is 1. The van der Waals surface area contributed by atoms with Crippen molar-refractivity contribution in [1.82, 2.24) is 14.8 Å². The van der Waals surface area contributed by atoms with Gasteiger partial charge in [0.1, 0.15) is 23.4 Å². The molecule has 0 aliphatic heterocycles. The Morgan fingerprint density at radius 2 is 2.11 bits per heavy atom. The van der Waals surface area contributed by atoms with Crippen LogP contribution in [0.5, 0.6) is 11.5 Å². The molecule has 4 aromatic rings. The second-order valence-electron chi connectivity index (χ2n) is 5.74. The van der Waals surface area contributed by atoms with Gasteiger partial charge in [-0.15, -0.1) is 10.2 Å². The number of nitrogens with zero attached hydrogens (tertiary/aromatic N) is 3. The van der Waals surface area contributed by atoms with Gasteiger partial charge in [-0.3, -0.25) is 4.57 Å². The Labute approximate surface area is 158 Å². The van der Waals surface area contributed by atoms with Gasteiger partial charge in [-0.05, 0) is 29.8 Å². The number of aromatic nitrogens is 3. The summed E-state index contributed by atoms with van der Waals surface area (Å²) < 4.78 is 12.3. The van der Waals surface area contributed by atoms with Gasteiger partial charge in [-0.2, -0.15) is 0 Å². The average molecular weight is 381 g/mol. The molecule has 7 nitrogen and oxygen atoms in total. The second kappa shape index (κ2) is 7.16. The Hall–Kier alpha value is -3.26. The highest BCUT2D eigenvalue weighted by Gasteiger charge is 2.11. The molecule has 0 atom stereocenters. The summed E-state index contributed by atoms with van der Waals surface area (Å²) in [4.78, 5) is 11.8. The highest BCUT2D eigenvalue weighted by atomic mass is 32.2. The number of fused-ring (bicyclic) bond motifs is 1. The van der Waals surface area contributed by atoms with E-state index in [9.17, 15) is 9.90 Å². The first-order valence-corrected chi connectivity index (χ1v) is 9.05. The minimum absolute atomic E-state index is 0.0493. The summed E-state index contributed by atoms with van der Waals surface area (Å²) >= 11 is 1.45. The van der Waals surface area contributed by atoms with Crippen molar-refractivity contribution >= 4 is 22.7 Å². The van der Waals surface area contributed by atoms with Crippen molar-refractivity contribution in [3.8, 4) is 17.2 Å². The molecule has 0 aliphatic carbocycles. The van der Waals surface area contributed by atoms with E-state index in [2.05, 4.69) is 10.2 Å². The SMILES string of the molecule is COc1cccc(-n2cnnc2SCc2cc(=O)oc3cc(O)ccc23)c1.